The lowest BCUT2D eigenvalue weighted by Gasteiger charge is -2.35. The number of hydrogen-bond acceptors (Lipinski definition) is 2. The van der Waals surface area contributed by atoms with E-state index in [1.165, 1.54) is 12.8 Å². The number of hydrogen-bond donors (Lipinski definition) is 1. The molecule has 1 fully saturated rings. The van der Waals surface area contributed by atoms with Gasteiger partial charge in [-0.05, 0) is 32.0 Å². The number of benzene rings is 1. The van der Waals surface area contributed by atoms with Crippen LogP contribution in [0.1, 0.15) is 30.9 Å². The molecule has 15 heavy (non-hydrogen) atoms. The van der Waals surface area contributed by atoms with E-state index in [0.717, 1.165) is 18.5 Å². The molecule has 0 aromatic heterocycles. The Hall–Kier alpha value is -0.860. The molecule has 0 saturated carbocycles. The third kappa shape index (κ3) is 2.39. The first-order valence-corrected chi connectivity index (χ1v) is 5.72. The summed E-state index contributed by atoms with van der Waals surface area (Å²) in [6.45, 7) is 1.11. The Morgan fingerprint density at radius 2 is 2.00 bits per heavy atom. The number of likely N-dealkylation sites (tertiary alicyclic amines) is 1. The number of piperidine rings is 1. The van der Waals surface area contributed by atoms with Crippen LogP contribution in [0.3, 0.4) is 0 Å². The molecule has 1 unspecified atom stereocenters. The maximum Gasteiger partial charge on any atom is 0.0945 e. The first kappa shape index (κ1) is 10.7. The number of likely N-dealkylation sites (N-methyl/N-ethyl adjacent to an activating group) is 1. The van der Waals surface area contributed by atoms with Crippen molar-refractivity contribution in [2.45, 2.75) is 31.4 Å². The highest BCUT2D eigenvalue weighted by molar-refractivity contribution is 5.19. The van der Waals surface area contributed by atoms with Crippen LogP contribution in [0.25, 0.3) is 0 Å². The van der Waals surface area contributed by atoms with E-state index in [2.05, 4.69) is 11.9 Å². The second-order valence-electron chi connectivity index (χ2n) is 4.40. The van der Waals surface area contributed by atoms with Gasteiger partial charge in [0.25, 0.3) is 0 Å². The summed E-state index contributed by atoms with van der Waals surface area (Å²) in [5.41, 5.74) is 1.04. The van der Waals surface area contributed by atoms with E-state index in [1.54, 1.807) is 0 Å². The normalized spacial score (nSPS) is 25.1. The predicted octanol–water partition coefficient (Wildman–Crippen LogP) is 2.20. The molecule has 0 spiro atoms. The molecule has 0 amide bonds. The second kappa shape index (κ2) is 4.77. The molecule has 1 aromatic rings. The first-order chi connectivity index (χ1) is 7.29. The number of rotatable bonds is 2. The fourth-order valence-electron chi connectivity index (χ4n) is 2.37. The van der Waals surface area contributed by atoms with Gasteiger partial charge in [-0.15, -0.1) is 0 Å². The number of aliphatic hydroxyl groups excluding tert-OH is 1. The molecule has 1 N–H and O–H groups in total. The van der Waals surface area contributed by atoms with Crippen LogP contribution >= 0.6 is 0 Å². The average molecular weight is 205 g/mol. The molecule has 1 aliphatic rings. The van der Waals surface area contributed by atoms with Crippen molar-refractivity contribution in [1.29, 1.82) is 0 Å². The van der Waals surface area contributed by atoms with Gasteiger partial charge in [-0.25, -0.2) is 0 Å². The summed E-state index contributed by atoms with van der Waals surface area (Å²) < 4.78 is 0. The Morgan fingerprint density at radius 1 is 1.27 bits per heavy atom. The van der Waals surface area contributed by atoms with Crippen LogP contribution in [-0.2, 0) is 0 Å². The molecular formula is C13H19NO. The van der Waals surface area contributed by atoms with Crippen LogP contribution in [0.4, 0.5) is 0 Å². The molecule has 0 radical (unpaired) electrons. The quantitative estimate of drug-likeness (QED) is 0.800. The van der Waals surface area contributed by atoms with Gasteiger partial charge in [0.05, 0.1) is 6.10 Å². The molecule has 82 valence electrons. The average Bonchev–Trinajstić information content (AvgIpc) is 2.30. The Labute approximate surface area is 91.5 Å². The summed E-state index contributed by atoms with van der Waals surface area (Å²) >= 11 is 0. The van der Waals surface area contributed by atoms with Crippen LogP contribution in [0, 0.1) is 0 Å². The van der Waals surface area contributed by atoms with E-state index in [9.17, 15) is 5.11 Å². The van der Waals surface area contributed by atoms with Gasteiger partial charge in [0.2, 0.25) is 0 Å². The van der Waals surface area contributed by atoms with Gasteiger partial charge in [-0.3, -0.25) is 0 Å². The molecule has 2 nitrogen and oxygen atoms in total. The summed E-state index contributed by atoms with van der Waals surface area (Å²) in [4.78, 5) is 2.28. The lowest BCUT2D eigenvalue weighted by atomic mass is 9.93. The van der Waals surface area contributed by atoms with Crippen LogP contribution in [0.5, 0.6) is 0 Å². The van der Waals surface area contributed by atoms with Crippen LogP contribution in [0.2, 0.25) is 0 Å². The molecule has 0 aliphatic carbocycles. The smallest absolute Gasteiger partial charge is 0.0945 e. The third-order valence-corrected chi connectivity index (χ3v) is 3.33. The lowest BCUT2D eigenvalue weighted by Crippen LogP contribution is -2.40. The van der Waals surface area contributed by atoms with E-state index in [4.69, 9.17) is 0 Å². The monoisotopic (exact) mass is 205 g/mol. The minimum absolute atomic E-state index is 0.293. The van der Waals surface area contributed by atoms with Crippen LogP contribution < -0.4 is 0 Å². The number of aliphatic hydroxyl groups is 1. The maximum absolute atomic E-state index is 10.3. The van der Waals surface area contributed by atoms with Crippen molar-refractivity contribution in [1.82, 2.24) is 4.90 Å². The summed E-state index contributed by atoms with van der Waals surface area (Å²) in [6.07, 6.45) is 3.26. The van der Waals surface area contributed by atoms with E-state index in [-0.39, 0.29) is 6.10 Å². The molecule has 1 heterocycles. The van der Waals surface area contributed by atoms with E-state index in [0.29, 0.717) is 6.04 Å². The summed E-state index contributed by atoms with van der Waals surface area (Å²) in [6, 6.07) is 10.3. The highest BCUT2D eigenvalue weighted by atomic mass is 16.3. The predicted molar refractivity (Wildman–Crippen MR) is 61.7 cm³/mol. The largest absolute Gasteiger partial charge is 0.387 e. The molecule has 2 heteroatoms. The molecule has 2 rings (SSSR count). The topological polar surface area (TPSA) is 23.5 Å². The minimum atomic E-state index is -0.337. The van der Waals surface area contributed by atoms with Crippen molar-refractivity contribution in [2.24, 2.45) is 0 Å². The van der Waals surface area contributed by atoms with Crippen molar-refractivity contribution in [2.75, 3.05) is 13.6 Å². The molecule has 1 saturated heterocycles. The molecule has 1 aromatic carbocycles. The van der Waals surface area contributed by atoms with Crippen LogP contribution in [0.15, 0.2) is 30.3 Å². The van der Waals surface area contributed by atoms with E-state index in [1.807, 2.05) is 30.3 Å². The Balaban J connectivity index is 2.09. The van der Waals surface area contributed by atoms with Gasteiger partial charge in [0.1, 0.15) is 0 Å². The zero-order chi connectivity index (χ0) is 10.7. The SMILES string of the molecule is CN1CCCC[C@@H]1C(O)c1ccccc1. The highest BCUT2D eigenvalue weighted by Crippen LogP contribution is 2.27. The fraction of sp³-hybridized carbons (Fsp3) is 0.538. The highest BCUT2D eigenvalue weighted by Gasteiger charge is 2.26. The lowest BCUT2D eigenvalue weighted by molar-refractivity contribution is 0.0403. The Kier molecular flexibility index (Phi) is 3.39. The van der Waals surface area contributed by atoms with Crippen molar-refractivity contribution in [3.63, 3.8) is 0 Å². The maximum atomic E-state index is 10.3. The van der Waals surface area contributed by atoms with E-state index < -0.39 is 0 Å². The summed E-state index contributed by atoms with van der Waals surface area (Å²) in [7, 11) is 2.11. The van der Waals surface area contributed by atoms with Gasteiger partial charge < -0.3 is 10.0 Å². The molecule has 1 aliphatic heterocycles. The van der Waals surface area contributed by atoms with Crippen molar-refractivity contribution >= 4 is 0 Å². The number of nitrogens with zero attached hydrogens (tertiary/aromatic N) is 1. The van der Waals surface area contributed by atoms with Crippen LogP contribution in [-0.4, -0.2) is 29.6 Å². The molecule has 2 atom stereocenters. The zero-order valence-corrected chi connectivity index (χ0v) is 9.26. The molecular weight excluding hydrogens is 186 g/mol. The third-order valence-electron chi connectivity index (χ3n) is 3.33. The van der Waals surface area contributed by atoms with Gasteiger partial charge in [-0.1, -0.05) is 36.8 Å². The summed E-state index contributed by atoms with van der Waals surface area (Å²) in [5, 5.41) is 10.3. The zero-order valence-electron chi connectivity index (χ0n) is 9.26. The second-order valence-corrected chi connectivity index (χ2v) is 4.40. The van der Waals surface area contributed by atoms with Gasteiger partial charge in [0.15, 0.2) is 0 Å². The minimum Gasteiger partial charge on any atom is -0.387 e. The van der Waals surface area contributed by atoms with Gasteiger partial charge >= 0.3 is 0 Å². The Morgan fingerprint density at radius 3 is 2.67 bits per heavy atom. The van der Waals surface area contributed by atoms with Gasteiger partial charge in [-0.2, -0.15) is 0 Å². The standard InChI is InChI=1S/C13H19NO/c1-14-10-6-5-9-12(14)13(15)11-7-3-2-4-8-11/h2-4,7-8,12-13,15H,5-6,9-10H2,1H3/t12-,13?/m1/s1. The Bertz CT molecular complexity index is 299. The van der Waals surface area contributed by atoms with Crippen molar-refractivity contribution < 1.29 is 5.11 Å². The van der Waals surface area contributed by atoms with E-state index >= 15 is 0 Å². The van der Waals surface area contributed by atoms with Gasteiger partial charge in [0, 0.05) is 6.04 Å². The summed E-state index contributed by atoms with van der Waals surface area (Å²) in [5.74, 6) is 0. The fourth-order valence-corrected chi connectivity index (χ4v) is 2.37. The van der Waals surface area contributed by atoms with Crippen molar-refractivity contribution in [3.05, 3.63) is 35.9 Å². The molecule has 0 bridgehead atoms. The first-order valence-electron chi connectivity index (χ1n) is 5.72. The van der Waals surface area contributed by atoms with Crippen molar-refractivity contribution in [3.8, 4) is 0 Å².